The van der Waals surface area contributed by atoms with Gasteiger partial charge in [0.1, 0.15) is 0 Å². The molecule has 0 aliphatic carbocycles. The first-order valence-electron chi connectivity index (χ1n) is 4.93. The lowest BCUT2D eigenvalue weighted by Gasteiger charge is -2.20. The second-order valence-corrected chi connectivity index (χ2v) is 3.43. The first kappa shape index (κ1) is 16.7. The van der Waals surface area contributed by atoms with Crippen LogP contribution in [0.1, 0.15) is 41.0 Å². The van der Waals surface area contributed by atoms with Crippen molar-refractivity contribution in [2.24, 2.45) is 5.41 Å². The summed E-state index contributed by atoms with van der Waals surface area (Å²) in [4.78, 5) is 11.0. The van der Waals surface area contributed by atoms with Gasteiger partial charge in [0.2, 0.25) is 0 Å². The summed E-state index contributed by atoms with van der Waals surface area (Å²) in [6, 6.07) is 0. The van der Waals surface area contributed by atoms with Crippen molar-refractivity contribution in [1.82, 2.24) is 0 Å². The zero-order valence-electron chi connectivity index (χ0n) is 9.86. The highest BCUT2D eigenvalue weighted by molar-refractivity contribution is 5.75. The fraction of sp³-hybridized carbons (Fsp3) is 0.900. The van der Waals surface area contributed by atoms with Crippen molar-refractivity contribution in [1.29, 1.82) is 0 Å². The van der Waals surface area contributed by atoms with Crippen LogP contribution in [0, 0.1) is 5.41 Å². The summed E-state index contributed by atoms with van der Waals surface area (Å²) in [6.45, 7) is 7.31. The molecule has 0 N–H and O–H groups in total. The average molecular weight is 228 g/mol. The Bertz CT molecular complexity index is 186. The summed E-state index contributed by atoms with van der Waals surface area (Å²) in [6.07, 6.45) is -4.00. The lowest BCUT2D eigenvalue weighted by atomic mass is 9.91. The van der Waals surface area contributed by atoms with Crippen molar-refractivity contribution in [3.63, 3.8) is 0 Å². The van der Waals surface area contributed by atoms with Crippen molar-refractivity contribution in [3.8, 4) is 0 Å². The van der Waals surface area contributed by atoms with Gasteiger partial charge in [-0.3, -0.25) is 4.79 Å². The first-order valence-corrected chi connectivity index (χ1v) is 4.93. The highest BCUT2D eigenvalue weighted by Crippen LogP contribution is 2.23. The van der Waals surface area contributed by atoms with Crippen LogP contribution in [-0.2, 0) is 9.53 Å². The maximum Gasteiger partial charge on any atom is 0.422 e. The lowest BCUT2D eigenvalue weighted by molar-refractivity contribution is -0.192. The smallest absolute Gasteiger partial charge is 0.422 e. The predicted octanol–water partition coefficient (Wildman–Crippen LogP) is 3.55. The zero-order chi connectivity index (χ0) is 12.7. The van der Waals surface area contributed by atoms with Gasteiger partial charge in [-0.2, -0.15) is 13.2 Å². The van der Waals surface area contributed by atoms with E-state index in [1.807, 2.05) is 13.8 Å². The number of hydrogen-bond acceptors (Lipinski definition) is 2. The molecule has 0 aromatic carbocycles. The first-order chi connectivity index (χ1) is 6.69. The van der Waals surface area contributed by atoms with Crippen molar-refractivity contribution in [3.05, 3.63) is 0 Å². The maximum absolute atomic E-state index is 11.6. The molecule has 0 heterocycles. The predicted molar refractivity (Wildman–Crippen MR) is 52.4 cm³/mol. The summed E-state index contributed by atoms with van der Waals surface area (Å²) >= 11 is 0. The van der Waals surface area contributed by atoms with Crippen LogP contribution in [0.2, 0.25) is 0 Å². The molecule has 0 unspecified atom stereocenters. The van der Waals surface area contributed by atoms with E-state index in [-0.39, 0.29) is 0 Å². The van der Waals surface area contributed by atoms with Crippen LogP contribution in [0.25, 0.3) is 0 Å². The molecule has 0 aromatic rings. The molecule has 0 aromatic heterocycles. The second kappa shape index (κ2) is 6.69. The standard InChI is InChI=1S/C8H13F3O2.C2H6/c1-4-7(2,3)6(12)13-5-8(9,10)11;1-2/h4-5H2,1-3H3;1-2H3. The van der Waals surface area contributed by atoms with Crippen molar-refractivity contribution >= 4 is 5.97 Å². The van der Waals surface area contributed by atoms with E-state index in [0.29, 0.717) is 6.42 Å². The largest absolute Gasteiger partial charge is 0.456 e. The molecular weight excluding hydrogens is 209 g/mol. The molecule has 0 fully saturated rings. The topological polar surface area (TPSA) is 26.3 Å². The number of esters is 1. The van der Waals surface area contributed by atoms with E-state index >= 15 is 0 Å². The fourth-order valence-corrected chi connectivity index (χ4v) is 0.487. The van der Waals surface area contributed by atoms with Crippen molar-refractivity contribution < 1.29 is 22.7 Å². The van der Waals surface area contributed by atoms with E-state index < -0.39 is 24.2 Å². The summed E-state index contributed by atoms with van der Waals surface area (Å²) in [5.74, 6) is -0.813. The Kier molecular flexibility index (Phi) is 7.44. The monoisotopic (exact) mass is 228 g/mol. The second-order valence-electron chi connectivity index (χ2n) is 3.43. The SMILES string of the molecule is CC.CCC(C)(C)C(=O)OCC(F)(F)F. The van der Waals surface area contributed by atoms with Gasteiger partial charge in [0.25, 0.3) is 0 Å². The summed E-state index contributed by atoms with van der Waals surface area (Å²) in [5.41, 5.74) is -0.842. The van der Waals surface area contributed by atoms with E-state index in [9.17, 15) is 18.0 Å². The molecule has 0 aliphatic heterocycles. The molecule has 2 nitrogen and oxygen atoms in total. The van der Waals surface area contributed by atoms with Crippen LogP contribution in [0.4, 0.5) is 13.2 Å². The van der Waals surface area contributed by atoms with Gasteiger partial charge in [0.15, 0.2) is 6.61 Å². The third-order valence-corrected chi connectivity index (χ3v) is 1.80. The molecule has 0 amide bonds. The molecule has 0 saturated heterocycles. The van der Waals surface area contributed by atoms with E-state index in [1.165, 1.54) is 0 Å². The minimum absolute atomic E-state index is 0.448. The van der Waals surface area contributed by atoms with Crippen LogP contribution in [0.5, 0.6) is 0 Å². The van der Waals surface area contributed by atoms with E-state index in [4.69, 9.17) is 0 Å². The normalized spacial score (nSPS) is 11.5. The molecule has 0 atom stereocenters. The van der Waals surface area contributed by atoms with Gasteiger partial charge in [-0.1, -0.05) is 20.8 Å². The number of carbonyl (C=O) groups is 1. The number of alkyl halides is 3. The average Bonchev–Trinajstić information content (AvgIpc) is 2.16. The van der Waals surface area contributed by atoms with Gasteiger partial charge < -0.3 is 4.74 Å². The van der Waals surface area contributed by atoms with Gasteiger partial charge in [0, 0.05) is 0 Å². The van der Waals surface area contributed by atoms with Crippen LogP contribution in [0.15, 0.2) is 0 Å². The van der Waals surface area contributed by atoms with Crippen molar-refractivity contribution in [2.45, 2.75) is 47.2 Å². The van der Waals surface area contributed by atoms with Gasteiger partial charge in [-0.05, 0) is 20.3 Å². The van der Waals surface area contributed by atoms with Crippen molar-refractivity contribution in [2.75, 3.05) is 6.61 Å². The Hall–Kier alpha value is -0.740. The number of halogens is 3. The fourth-order valence-electron chi connectivity index (χ4n) is 0.487. The molecule has 0 bridgehead atoms. The Morgan fingerprint density at radius 1 is 1.20 bits per heavy atom. The summed E-state index contributed by atoms with van der Waals surface area (Å²) < 4.78 is 39.0. The lowest BCUT2D eigenvalue weighted by Crippen LogP contribution is -2.29. The third kappa shape index (κ3) is 8.27. The highest BCUT2D eigenvalue weighted by Gasteiger charge is 2.33. The molecule has 0 aliphatic rings. The number of rotatable bonds is 3. The summed E-state index contributed by atoms with van der Waals surface area (Å²) in [5, 5.41) is 0. The van der Waals surface area contributed by atoms with Gasteiger partial charge in [-0.25, -0.2) is 0 Å². The van der Waals surface area contributed by atoms with E-state index in [2.05, 4.69) is 4.74 Å². The Morgan fingerprint density at radius 2 is 1.60 bits per heavy atom. The molecular formula is C10H19F3O2. The quantitative estimate of drug-likeness (QED) is 0.690. The number of ether oxygens (including phenoxy) is 1. The van der Waals surface area contributed by atoms with Crippen LogP contribution < -0.4 is 0 Å². The number of hydrogen-bond donors (Lipinski definition) is 0. The van der Waals surface area contributed by atoms with E-state index in [1.54, 1.807) is 20.8 Å². The minimum atomic E-state index is -4.44. The minimum Gasteiger partial charge on any atom is -0.456 e. The Balaban J connectivity index is 0. The molecule has 5 heteroatoms. The number of carbonyl (C=O) groups excluding carboxylic acids is 1. The van der Waals surface area contributed by atoms with E-state index in [0.717, 1.165) is 0 Å². The molecule has 92 valence electrons. The Labute approximate surface area is 88.8 Å². The van der Waals surface area contributed by atoms with Gasteiger partial charge >= 0.3 is 12.1 Å². The van der Waals surface area contributed by atoms with Crippen LogP contribution >= 0.6 is 0 Å². The third-order valence-electron chi connectivity index (χ3n) is 1.80. The molecule has 0 spiro atoms. The van der Waals surface area contributed by atoms with Crippen LogP contribution in [0.3, 0.4) is 0 Å². The highest BCUT2D eigenvalue weighted by atomic mass is 19.4. The zero-order valence-corrected chi connectivity index (χ0v) is 9.86. The van der Waals surface area contributed by atoms with Gasteiger partial charge in [-0.15, -0.1) is 0 Å². The summed E-state index contributed by atoms with van der Waals surface area (Å²) in [7, 11) is 0. The molecule has 15 heavy (non-hydrogen) atoms. The Morgan fingerprint density at radius 3 is 1.87 bits per heavy atom. The molecule has 0 saturated carbocycles. The maximum atomic E-state index is 11.6. The van der Waals surface area contributed by atoms with Gasteiger partial charge in [0.05, 0.1) is 5.41 Å². The molecule has 0 rings (SSSR count). The van der Waals surface area contributed by atoms with Crippen LogP contribution in [-0.4, -0.2) is 18.8 Å². The molecule has 0 radical (unpaired) electrons.